The first-order valence-electron chi connectivity index (χ1n) is 5.13. The summed E-state index contributed by atoms with van der Waals surface area (Å²) in [6.45, 7) is 2.14. The van der Waals surface area contributed by atoms with Crippen molar-refractivity contribution in [3.63, 3.8) is 0 Å². The minimum absolute atomic E-state index is 0.113. The topological polar surface area (TPSA) is 74.8 Å². The number of imidazole rings is 1. The van der Waals surface area contributed by atoms with Crippen LogP contribution in [0.25, 0.3) is 0 Å². The fourth-order valence-corrected chi connectivity index (χ4v) is 2.45. The van der Waals surface area contributed by atoms with Crippen LogP contribution in [0.2, 0.25) is 0 Å². The minimum atomic E-state index is -3.43. The summed E-state index contributed by atoms with van der Waals surface area (Å²) in [5.74, 6) is 1.20. The fraction of sp³-hybridized carbons (Fsp3) is 0.667. The number of hydrogen-bond acceptors (Lipinski definition) is 3. The number of aromatic amines is 1. The summed E-state index contributed by atoms with van der Waals surface area (Å²) in [5, 5.41) is 0.113. The van der Waals surface area contributed by atoms with Crippen LogP contribution in [0.3, 0.4) is 0 Å². The Kier molecular flexibility index (Phi) is 5.24. The summed E-state index contributed by atoms with van der Waals surface area (Å²) in [5.41, 5.74) is 0. The molecular formula is C9H16ClN3O2S. The second-order valence-electron chi connectivity index (χ2n) is 3.48. The highest BCUT2D eigenvalue weighted by atomic mass is 35.5. The van der Waals surface area contributed by atoms with Gasteiger partial charge >= 0.3 is 0 Å². The van der Waals surface area contributed by atoms with Crippen LogP contribution in [0.4, 0.5) is 0 Å². The van der Waals surface area contributed by atoms with Gasteiger partial charge in [0.2, 0.25) is 0 Å². The number of nitrogens with one attached hydrogen (secondary N) is 2. The highest BCUT2D eigenvalue weighted by Gasteiger charge is 2.15. The van der Waals surface area contributed by atoms with Gasteiger partial charge < -0.3 is 4.98 Å². The van der Waals surface area contributed by atoms with E-state index in [1.165, 1.54) is 6.20 Å². The van der Waals surface area contributed by atoms with Crippen LogP contribution in [-0.2, 0) is 10.0 Å². The molecule has 0 aromatic carbocycles. The van der Waals surface area contributed by atoms with Crippen LogP contribution in [0.1, 0.15) is 25.1 Å². The quantitative estimate of drug-likeness (QED) is 0.578. The van der Waals surface area contributed by atoms with E-state index in [0.717, 1.165) is 19.3 Å². The standard InChI is InChI=1S/C9H16ClN3O2S/c1-8-11-7-9(13-8)16(14,15)12-6-4-2-3-5-10/h7,12H,2-6H2,1H3,(H,11,13). The molecule has 0 aliphatic carbocycles. The lowest BCUT2D eigenvalue weighted by Gasteiger charge is -2.03. The summed E-state index contributed by atoms with van der Waals surface area (Å²) in [6, 6.07) is 0. The lowest BCUT2D eigenvalue weighted by molar-refractivity contribution is 0.573. The average molecular weight is 266 g/mol. The van der Waals surface area contributed by atoms with Crippen LogP contribution in [0.5, 0.6) is 0 Å². The van der Waals surface area contributed by atoms with Crippen molar-refractivity contribution in [3.8, 4) is 0 Å². The third-order valence-electron chi connectivity index (χ3n) is 2.07. The number of aromatic nitrogens is 2. The van der Waals surface area contributed by atoms with Gasteiger partial charge in [-0.05, 0) is 19.8 Å². The average Bonchev–Trinajstić information content (AvgIpc) is 2.65. The van der Waals surface area contributed by atoms with Gasteiger partial charge in [0.05, 0.1) is 6.20 Å². The molecule has 0 atom stereocenters. The molecule has 0 spiro atoms. The van der Waals surface area contributed by atoms with Crippen molar-refractivity contribution in [2.45, 2.75) is 31.2 Å². The van der Waals surface area contributed by atoms with E-state index in [1.54, 1.807) is 6.92 Å². The van der Waals surface area contributed by atoms with Gasteiger partial charge in [-0.2, -0.15) is 0 Å². The Morgan fingerprint density at radius 1 is 1.44 bits per heavy atom. The van der Waals surface area contributed by atoms with E-state index in [9.17, 15) is 8.42 Å². The molecule has 0 saturated heterocycles. The maximum Gasteiger partial charge on any atom is 0.257 e. The maximum absolute atomic E-state index is 11.7. The number of halogens is 1. The molecule has 92 valence electrons. The Morgan fingerprint density at radius 3 is 2.75 bits per heavy atom. The normalized spacial score (nSPS) is 11.9. The molecule has 0 unspecified atom stereocenters. The second kappa shape index (κ2) is 6.22. The first kappa shape index (κ1) is 13.5. The smallest absolute Gasteiger partial charge is 0.257 e. The zero-order chi connectivity index (χ0) is 12.0. The Labute approximate surface area is 101 Å². The number of alkyl halides is 1. The molecule has 0 saturated carbocycles. The summed E-state index contributed by atoms with van der Waals surface area (Å²) in [4.78, 5) is 6.53. The van der Waals surface area contributed by atoms with E-state index in [4.69, 9.17) is 11.6 Å². The van der Waals surface area contributed by atoms with E-state index < -0.39 is 10.0 Å². The van der Waals surface area contributed by atoms with Crippen molar-refractivity contribution >= 4 is 21.6 Å². The number of sulfonamides is 1. The molecule has 0 fully saturated rings. The number of aryl methyl sites for hydroxylation is 1. The van der Waals surface area contributed by atoms with E-state index in [2.05, 4.69) is 14.7 Å². The maximum atomic E-state index is 11.7. The fourth-order valence-electron chi connectivity index (χ4n) is 1.22. The van der Waals surface area contributed by atoms with E-state index >= 15 is 0 Å². The van der Waals surface area contributed by atoms with Crippen LogP contribution in [-0.4, -0.2) is 30.8 Å². The molecule has 0 amide bonds. The molecule has 0 bridgehead atoms. The van der Waals surface area contributed by atoms with Crippen molar-refractivity contribution in [2.24, 2.45) is 0 Å². The Bertz CT molecular complexity index is 416. The molecule has 0 aliphatic rings. The first-order chi connectivity index (χ1) is 7.56. The van der Waals surface area contributed by atoms with Gasteiger partial charge in [0, 0.05) is 12.4 Å². The lowest BCUT2D eigenvalue weighted by Crippen LogP contribution is -2.25. The molecule has 1 heterocycles. The summed E-state index contributed by atoms with van der Waals surface area (Å²) < 4.78 is 25.8. The number of unbranched alkanes of at least 4 members (excludes halogenated alkanes) is 2. The van der Waals surface area contributed by atoms with Crippen molar-refractivity contribution in [1.82, 2.24) is 14.7 Å². The van der Waals surface area contributed by atoms with Gasteiger partial charge in [0.15, 0.2) is 5.03 Å². The highest BCUT2D eigenvalue weighted by Crippen LogP contribution is 2.05. The SMILES string of the molecule is Cc1ncc(S(=O)(=O)NCCCCCCl)[nH]1. The van der Waals surface area contributed by atoms with Crippen LogP contribution in [0, 0.1) is 6.92 Å². The molecule has 0 radical (unpaired) electrons. The van der Waals surface area contributed by atoms with Crippen LogP contribution in [0.15, 0.2) is 11.2 Å². The Hall–Kier alpha value is -0.590. The zero-order valence-electron chi connectivity index (χ0n) is 9.16. The molecule has 1 rings (SSSR count). The zero-order valence-corrected chi connectivity index (χ0v) is 10.7. The van der Waals surface area contributed by atoms with Gasteiger partial charge in [-0.1, -0.05) is 6.42 Å². The highest BCUT2D eigenvalue weighted by molar-refractivity contribution is 7.89. The number of hydrogen-bond donors (Lipinski definition) is 2. The van der Waals surface area contributed by atoms with Gasteiger partial charge in [-0.3, -0.25) is 0 Å². The number of rotatable bonds is 7. The predicted molar refractivity (Wildman–Crippen MR) is 63.1 cm³/mol. The van der Waals surface area contributed by atoms with Crippen molar-refractivity contribution in [2.75, 3.05) is 12.4 Å². The summed E-state index contributed by atoms with van der Waals surface area (Å²) in [6.07, 6.45) is 3.94. The minimum Gasteiger partial charge on any atom is -0.332 e. The van der Waals surface area contributed by atoms with Crippen molar-refractivity contribution in [3.05, 3.63) is 12.0 Å². The molecule has 16 heavy (non-hydrogen) atoms. The lowest BCUT2D eigenvalue weighted by atomic mass is 10.2. The summed E-state index contributed by atoms with van der Waals surface area (Å²) >= 11 is 5.52. The molecule has 1 aromatic heterocycles. The monoisotopic (exact) mass is 265 g/mol. The third-order valence-corrected chi connectivity index (χ3v) is 3.71. The molecule has 1 aromatic rings. The van der Waals surface area contributed by atoms with Crippen molar-refractivity contribution < 1.29 is 8.42 Å². The van der Waals surface area contributed by atoms with Gasteiger partial charge in [0.25, 0.3) is 10.0 Å². The van der Waals surface area contributed by atoms with Gasteiger partial charge in [-0.25, -0.2) is 18.1 Å². The summed E-state index contributed by atoms with van der Waals surface area (Å²) in [7, 11) is -3.43. The molecule has 7 heteroatoms. The number of nitrogens with zero attached hydrogens (tertiary/aromatic N) is 1. The van der Waals surface area contributed by atoms with Gasteiger partial charge in [0.1, 0.15) is 5.82 Å². The second-order valence-corrected chi connectivity index (χ2v) is 5.59. The van der Waals surface area contributed by atoms with Crippen molar-refractivity contribution in [1.29, 1.82) is 0 Å². The number of H-pyrrole nitrogens is 1. The predicted octanol–water partition coefficient (Wildman–Crippen LogP) is 1.41. The Balaban J connectivity index is 2.41. The third kappa shape index (κ3) is 4.11. The largest absolute Gasteiger partial charge is 0.332 e. The van der Waals surface area contributed by atoms with Crippen LogP contribution < -0.4 is 4.72 Å². The van der Waals surface area contributed by atoms with Crippen LogP contribution >= 0.6 is 11.6 Å². The van der Waals surface area contributed by atoms with E-state index in [-0.39, 0.29) is 5.03 Å². The Morgan fingerprint density at radius 2 is 2.19 bits per heavy atom. The molecule has 5 nitrogen and oxygen atoms in total. The molecule has 2 N–H and O–H groups in total. The van der Waals surface area contributed by atoms with E-state index in [0.29, 0.717) is 18.2 Å². The molecular weight excluding hydrogens is 250 g/mol. The van der Waals surface area contributed by atoms with E-state index in [1.807, 2.05) is 0 Å². The van der Waals surface area contributed by atoms with Gasteiger partial charge in [-0.15, -0.1) is 11.6 Å². The first-order valence-corrected chi connectivity index (χ1v) is 7.15. The molecule has 0 aliphatic heterocycles.